The van der Waals surface area contributed by atoms with Gasteiger partial charge in [-0.05, 0) is 18.1 Å². The van der Waals surface area contributed by atoms with E-state index in [4.69, 9.17) is 5.73 Å². The Morgan fingerprint density at radius 3 is 2.77 bits per heavy atom. The second-order valence-electron chi connectivity index (χ2n) is 6.66. The average Bonchev–Trinajstić information content (AvgIpc) is 3.18. The molecule has 1 aromatic heterocycles. The van der Waals surface area contributed by atoms with Crippen LogP contribution < -0.4 is 11.1 Å². The van der Waals surface area contributed by atoms with Gasteiger partial charge in [0.05, 0.1) is 11.3 Å². The zero-order chi connectivity index (χ0) is 21.3. The number of hydrogen-bond acceptors (Lipinski definition) is 7. The first kappa shape index (κ1) is 20.2. The van der Waals surface area contributed by atoms with Gasteiger partial charge in [0.2, 0.25) is 0 Å². The second-order valence-corrected chi connectivity index (χ2v) is 8.70. The zero-order valence-electron chi connectivity index (χ0n) is 15.6. The van der Waals surface area contributed by atoms with Crippen LogP contribution in [0.25, 0.3) is 5.57 Å². The molecule has 8 nitrogen and oxygen atoms in total. The quantitative estimate of drug-likeness (QED) is 0.459. The van der Waals surface area contributed by atoms with E-state index in [1.54, 1.807) is 11.5 Å². The van der Waals surface area contributed by atoms with E-state index in [-0.39, 0.29) is 5.70 Å². The van der Waals surface area contributed by atoms with E-state index in [1.807, 2.05) is 30.3 Å². The van der Waals surface area contributed by atoms with Crippen LogP contribution in [0.1, 0.15) is 11.3 Å². The molecule has 1 saturated heterocycles. The molecule has 0 radical (unpaired) electrons. The number of thiazole rings is 1. The summed E-state index contributed by atoms with van der Waals surface area (Å²) in [6, 6.07) is 8.86. The monoisotopic (exact) mass is 442 g/mol. The maximum absolute atomic E-state index is 13.0. The van der Waals surface area contributed by atoms with Gasteiger partial charge in [0, 0.05) is 11.1 Å². The van der Waals surface area contributed by atoms with E-state index in [1.165, 1.54) is 34.1 Å². The number of carbonyl (C=O) groups is 3. The molecule has 0 bridgehead atoms. The zero-order valence-corrected chi connectivity index (χ0v) is 17.3. The number of benzene rings is 1. The molecule has 2 aromatic rings. The number of aliphatic carboxylic acids is 1. The summed E-state index contributed by atoms with van der Waals surface area (Å²) >= 11 is 2.63. The van der Waals surface area contributed by atoms with Gasteiger partial charge in [-0.15, -0.1) is 23.1 Å². The number of fused-ring (bicyclic) bond motifs is 1. The lowest BCUT2D eigenvalue weighted by molar-refractivity contribution is -0.150. The molecular formula is C20H18N4O4S2. The first-order chi connectivity index (χ1) is 14.5. The molecule has 154 valence electrons. The lowest BCUT2D eigenvalue weighted by Gasteiger charge is -2.48. The van der Waals surface area contributed by atoms with E-state index >= 15 is 0 Å². The van der Waals surface area contributed by atoms with Crippen LogP contribution in [0.5, 0.6) is 0 Å². The van der Waals surface area contributed by atoms with Crippen LogP contribution in [0.4, 0.5) is 5.13 Å². The van der Waals surface area contributed by atoms with Gasteiger partial charge in [-0.1, -0.05) is 36.4 Å². The molecule has 0 saturated carbocycles. The van der Waals surface area contributed by atoms with Crippen LogP contribution in [0.3, 0.4) is 0 Å². The molecule has 1 aromatic carbocycles. The van der Waals surface area contributed by atoms with Crippen molar-refractivity contribution in [2.24, 2.45) is 0 Å². The molecular weight excluding hydrogens is 424 g/mol. The summed E-state index contributed by atoms with van der Waals surface area (Å²) in [7, 11) is 0. The first-order valence-corrected chi connectivity index (χ1v) is 11.0. The number of amides is 2. The molecule has 1 fully saturated rings. The Morgan fingerprint density at radius 2 is 2.10 bits per heavy atom. The predicted molar refractivity (Wildman–Crippen MR) is 115 cm³/mol. The summed E-state index contributed by atoms with van der Waals surface area (Å²) < 4.78 is 0. The normalized spacial score (nSPS) is 20.8. The van der Waals surface area contributed by atoms with Crippen molar-refractivity contribution < 1.29 is 19.5 Å². The lowest BCUT2D eigenvalue weighted by atomic mass is 10.0. The van der Waals surface area contributed by atoms with Crippen molar-refractivity contribution >= 4 is 51.6 Å². The highest BCUT2D eigenvalue weighted by atomic mass is 32.2. The van der Waals surface area contributed by atoms with Crippen molar-refractivity contribution in [2.75, 3.05) is 11.5 Å². The number of thioether (sulfide) groups is 1. The highest BCUT2D eigenvalue weighted by molar-refractivity contribution is 8.00. The van der Waals surface area contributed by atoms with Crippen molar-refractivity contribution in [3.63, 3.8) is 0 Å². The minimum absolute atomic E-state index is 0.0404. The van der Waals surface area contributed by atoms with Gasteiger partial charge in [0.25, 0.3) is 11.8 Å². The van der Waals surface area contributed by atoms with Gasteiger partial charge in [0.15, 0.2) is 5.13 Å². The van der Waals surface area contributed by atoms with Gasteiger partial charge < -0.3 is 16.2 Å². The van der Waals surface area contributed by atoms with E-state index < -0.39 is 29.2 Å². The topological polar surface area (TPSA) is 126 Å². The number of carbonyl (C=O) groups excluding carboxylic acids is 2. The van der Waals surface area contributed by atoms with E-state index in [0.29, 0.717) is 28.6 Å². The third-order valence-corrected chi connectivity index (χ3v) is 6.64. The molecule has 2 aliphatic heterocycles. The Morgan fingerprint density at radius 1 is 1.33 bits per heavy atom. The highest BCUT2D eigenvalue weighted by Gasteiger charge is 2.52. The highest BCUT2D eigenvalue weighted by Crippen LogP contribution is 2.37. The third-order valence-electron chi connectivity index (χ3n) is 4.78. The van der Waals surface area contributed by atoms with E-state index in [2.05, 4.69) is 10.3 Å². The fraction of sp³-hybridized carbons (Fsp3) is 0.200. The molecule has 2 atom stereocenters. The lowest BCUT2D eigenvalue weighted by Crippen LogP contribution is -2.70. The first-order valence-electron chi connectivity index (χ1n) is 9.10. The van der Waals surface area contributed by atoms with Gasteiger partial charge >= 0.3 is 5.97 Å². The SMILES string of the molecule is Nc1nc(/C(=C/Cc2ccccc2)C(=O)N[C@@H]2C(=O)N3C(C(=O)O)=CCS[C@H]23)cs1. The number of anilines is 1. The van der Waals surface area contributed by atoms with Crippen LogP contribution in [0, 0.1) is 0 Å². The number of nitrogens with two attached hydrogens (primary N) is 1. The number of nitrogens with one attached hydrogen (secondary N) is 1. The largest absolute Gasteiger partial charge is 0.477 e. The fourth-order valence-corrected chi connectivity index (χ4v) is 5.07. The number of nitrogen functional groups attached to an aromatic ring is 1. The Bertz CT molecular complexity index is 1060. The van der Waals surface area contributed by atoms with Gasteiger partial charge in [-0.2, -0.15) is 0 Å². The van der Waals surface area contributed by atoms with Crippen LogP contribution in [-0.2, 0) is 20.8 Å². The minimum Gasteiger partial charge on any atom is -0.477 e. The van der Waals surface area contributed by atoms with Crippen molar-refractivity contribution in [1.29, 1.82) is 0 Å². The summed E-state index contributed by atoms with van der Waals surface area (Å²) in [5, 5.41) is 13.6. The standard InChI is InChI=1S/C20H18N4O4S2/c21-20-22-13(10-30-20)12(7-6-11-4-2-1-3-5-11)16(25)23-15-17(26)24-14(19(27)28)8-9-29-18(15)24/h1-5,7-8,10,15,18H,6,9H2,(H2,21,22)(H,23,25)(H,27,28)/b12-7-/t15-,18-/m1/s1. The van der Waals surface area contributed by atoms with Crippen molar-refractivity contribution in [3.8, 4) is 0 Å². The summed E-state index contributed by atoms with van der Waals surface area (Å²) in [4.78, 5) is 42.4. The summed E-state index contributed by atoms with van der Waals surface area (Å²) in [6.45, 7) is 0. The van der Waals surface area contributed by atoms with Gasteiger partial charge in [-0.3, -0.25) is 14.5 Å². The predicted octanol–water partition coefficient (Wildman–Crippen LogP) is 1.72. The summed E-state index contributed by atoms with van der Waals surface area (Å²) in [5.74, 6) is -1.57. The number of rotatable bonds is 6. The molecule has 10 heteroatoms. The molecule has 2 aliphatic rings. The number of allylic oxidation sites excluding steroid dienone is 1. The molecule has 30 heavy (non-hydrogen) atoms. The Kier molecular flexibility index (Phi) is 5.60. The molecule has 2 amide bonds. The fourth-order valence-electron chi connectivity index (χ4n) is 3.32. The molecule has 4 rings (SSSR count). The number of nitrogens with zero attached hydrogens (tertiary/aromatic N) is 2. The number of carboxylic acids is 1. The number of hydrogen-bond donors (Lipinski definition) is 3. The summed E-state index contributed by atoms with van der Waals surface area (Å²) in [5.41, 5.74) is 7.49. The Balaban J connectivity index is 1.54. The number of aromatic nitrogens is 1. The molecule has 4 N–H and O–H groups in total. The molecule has 3 heterocycles. The average molecular weight is 443 g/mol. The molecule has 0 aliphatic carbocycles. The van der Waals surface area contributed by atoms with Gasteiger partial charge in [0.1, 0.15) is 17.1 Å². The molecule has 0 spiro atoms. The Hall–Kier alpha value is -3.11. The molecule has 0 unspecified atom stereocenters. The number of carboxylic acid groups (broad SMARTS) is 1. The number of β-lactam (4-membered cyclic amide) rings is 1. The second kappa shape index (κ2) is 8.33. The van der Waals surface area contributed by atoms with Crippen LogP contribution in [0.2, 0.25) is 0 Å². The van der Waals surface area contributed by atoms with Crippen LogP contribution in [0.15, 0.2) is 53.6 Å². The van der Waals surface area contributed by atoms with Gasteiger partial charge in [-0.25, -0.2) is 9.78 Å². The smallest absolute Gasteiger partial charge is 0.352 e. The maximum Gasteiger partial charge on any atom is 0.352 e. The van der Waals surface area contributed by atoms with Crippen LogP contribution >= 0.6 is 23.1 Å². The van der Waals surface area contributed by atoms with E-state index in [9.17, 15) is 19.5 Å². The summed E-state index contributed by atoms with van der Waals surface area (Å²) in [6.07, 6.45) is 3.77. The Labute approximate surface area is 180 Å². The van der Waals surface area contributed by atoms with Crippen LogP contribution in [-0.4, -0.2) is 49.9 Å². The van der Waals surface area contributed by atoms with Crippen molar-refractivity contribution in [1.82, 2.24) is 15.2 Å². The maximum atomic E-state index is 13.0. The third kappa shape index (κ3) is 3.83. The van der Waals surface area contributed by atoms with E-state index in [0.717, 1.165) is 5.56 Å². The minimum atomic E-state index is -1.15. The van der Waals surface area contributed by atoms with Crippen molar-refractivity contribution in [3.05, 3.63) is 64.8 Å². The van der Waals surface area contributed by atoms with Crippen molar-refractivity contribution in [2.45, 2.75) is 17.8 Å².